The maximum Gasteiger partial charge on any atom is 0.254 e. The van der Waals surface area contributed by atoms with Crippen LogP contribution in [-0.4, -0.2) is 18.7 Å². The summed E-state index contributed by atoms with van der Waals surface area (Å²) in [5.74, 6) is 4.85. The van der Waals surface area contributed by atoms with E-state index >= 15 is 0 Å². The SMILES string of the molecule is NNC1NCNC1=O. The first-order chi connectivity index (χ1) is 3.84. The van der Waals surface area contributed by atoms with Crippen molar-refractivity contribution < 1.29 is 4.79 Å². The maximum atomic E-state index is 10.5. The van der Waals surface area contributed by atoms with Gasteiger partial charge in [-0.2, -0.15) is 0 Å². The molecule has 1 aliphatic heterocycles. The number of carbonyl (C=O) groups is 1. The lowest BCUT2D eigenvalue weighted by atomic mass is 10.5. The second-order valence-corrected chi connectivity index (χ2v) is 1.52. The minimum atomic E-state index is -0.407. The third-order valence-electron chi connectivity index (χ3n) is 0.998. The molecule has 1 heterocycles. The van der Waals surface area contributed by atoms with E-state index in [1.54, 1.807) is 0 Å². The van der Waals surface area contributed by atoms with Crippen molar-refractivity contribution in [3.05, 3.63) is 0 Å². The number of nitrogens with two attached hydrogens (primary N) is 1. The van der Waals surface area contributed by atoms with Crippen molar-refractivity contribution in [2.24, 2.45) is 5.84 Å². The third-order valence-corrected chi connectivity index (χ3v) is 0.998. The van der Waals surface area contributed by atoms with E-state index in [4.69, 9.17) is 5.84 Å². The second-order valence-electron chi connectivity index (χ2n) is 1.52. The highest BCUT2D eigenvalue weighted by Gasteiger charge is 2.20. The van der Waals surface area contributed by atoms with Gasteiger partial charge in [-0.3, -0.25) is 16.0 Å². The van der Waals surface area contributed by atoms with E-state index in [0.29, 0.717) is 6.67 Å². The van der Waals surface area contributed by atoms with Gasteiger partial charge in [0.25, 0.3) is 5.91 Å². The van der Waals surface area contributed by atoms with Crippen LogP contribution >= 0.6 is 0 Å². The topological polar surface area (TPSA) is 79.2 Å². The summed E-state index contributed by atoms with van der Waals surface area (Å²) in [6.45, 7) is 0.494. The Hall–Kier alpha value is -0.650. The second kappa shape index (κ2) is 2.08. The molecule has 1 fully saturated rings. The van der Waals surface area contributed by atoms with Gasteiger partial charge in [-0.1, -0.05) is 0 Å². The van der Waals surface area contributed by atoms with E-state index in [-0.39, 0.29) is 5.91 Å². The van der Waals surface area contributed by atoms with Gasteiger partial charge < -0.3 is 5.32 Å². The summed E-state index contributed by atoms with van der Waals surface area (Å²) >= 11 is 0. The zero-order valence-electron chi connectivity index (χ0n) is 4.27. The predicted molar refractivity (Wildman–Crippen MR) is 27.3 cm³/mol. The average Bonchev–Trinajstić information content (AvgIpc) is 2.14. The van der Waals surface area contributed by atoms with Crippen LogP contribution in [-0.2, 0) is 4.79 Å². The number of hydrazine groups is 1. The van der Waals surface area contributed by atoms with Crippen molar-refractivity contribution in [3.8, 4) is 0 Å². The van der Waals surface area contributed by atoms with Gasteiger partial charge in [0.15, 0.2) is 6.17 Å². The summed E-state index contributed by atoms with van der Waals surface area (Å²) in [7, 11) is 0. The van der Waals surface area contributed by atoms with Gasteiger partial charge in [-0.25, -0.2) is 5.43 Å². The van der Waals surface area contributed by atoms with Gasteiger partial charge in [0, 0.05) is 0 Å². The number of carbonyl (C=O) groups excluding carboxylic acids is 1. The van der Waals surface area contributed by atoms with Crippen LogP contribution in [0.5, 0.6) is 0 Å². The molecule has 0 saturated carbocycles. The summed E-state index contributed by atoms with van der Waals surface area (Å²) in [4.78, 5) is 10.5. The van der Waals surface area contributed by atoms with Gasteiger partial charge in [0.2, 0.25) is 0 Å². The number of hydrogen-bond acceptors (Lipinski definition) is 4. The van der Waals surface area contributed by atoms with Gasteiger partial charge in [0.1, 0.15) is 0 Å². The summed E-state index contributed by atoms with van der Waals surface area (Å²) in [5.41, 5.74) is 2.29. The Morgan fingerprint density at radius 1 is 1.88 bits per heavy atom. The Morgan fingerprint density at radius 3 is 2.88 bits per heavy atom. The molecule has 0 spiro atoms. The van der Waals surface area contributed by atoms with Crippen LogP contribution in [0.3, 0.4) is 0 Å². The largest absolute Gasteiger partial charge is 0.341 e. The third kappa shape index (κ3) is 0.786. The van der Waals surface area contributed by atoms with Crippen LogP contribution in [0.15, 0.2) is 0 Å². The minimum Gasteiger partial charge on any atom is -0.341 e. The monoisotopic (exact) mass is 116 g/mol. The Labute approximate surface area is 46.6 Å². The molecule has 5 N–H and O–H groups in total. The standard InChI is InChI=1S/C3H8N4O/c4-7-2-3(8)6-1-5-2/h2,5,7H,1,4H2,(H,6,8). The number of rotatable bonds is 1. The molecule has 0 aliphatic carbocycles. The molecule has 0 bridgehead atoms. The Kier molecular flexibility index (Phi) is 1.43. The molecule has 0 aromatic heterocycles. The number of amides is 1. The zero-order chi connectivity index (χ0) is 5.98. The lowest BCUT2D eigenvalue weighted by Gasteiger charge is -2.01. The van der Waals surface area contributed by atoms with Crippen LogP contribution in [0, 0.1) is 0 Å². The van der Waals surface area contributed by atoms with E-state index in [2.05, 4.69) is 16.1 Å². The van der Waals surface area contributed by atoms with Crippen molar-refractivity contribution in [1.82, 2.24) is 16.1 Å². The summed E-state index contributed by atoms with van der Waals surface area (Å²) in [6, 6.07) is 0. The molecular formula is C3H8N4O. The molecule has 1 amide bonds. The lowest BCUT2D eigenvalue weighted by molar-refractivity contribution is -0.121. The number of hydrogen-bond donors (Lipinski definition) is 4. The fourth-order valence-electron chi connectivity index (χ4n) is 0.570. The highest BCUT2D eigenvalue weighted by atomic mass is 16.2. The van der Waals surface area contributed by atoms with E-state index in [1.807, 2.05) is 0 Å². The summed E-state index contributed by atoms with van der Waals surface area (Å²) < 4.78 is 0. The lowest BCUT2D eigenvalue weighted by Crippen LogP contribution is -2.46. The first-order valence-electron chi connectivity index (χ1n) is 2.32. The normalized spacial score (nSPS) is 28.1. The molecule has 8 heavy (non-hydrogen) atoms. The summed E-state index contributed by atoms with van der Waals surface area (Å²) in [5, 5.41) is 5.29. The molecule has 1 aliphatic rings. The first-order valence-corrected chi connectivity index (χ1v) is 2.32. The summed E-state index contributed by atoms with van der Waals surface area (Å²) in [6.07, 6.45) is -0.407. The highest BCUT2D eigenvalue weighted by molar-refractivity contribution is 5.82. The van der Waals surface area contributed by atoms with E-state index in [9.17, 15) is 4.79 Å². The average molecular weight is 116 g/mol. The van der Waals surface area contributed by atoms with Crippen molar-refractivity contribution in [2.75, 3.05) is 6.67 Å². The van der Waals surface area contributed by atoms with E-state index < -0.39 is 6.17 Å². The Morgan fingerprint density at radius 2 is 2.62 bits per heavy atom. The van der Waals surface area contributed by atoms with Crippen LogP contribution in [0.25, 0.3) is 0 Å². The number of nitrogens with one attached hydrogen (secondary N) is 3. The fraction of sp³-hybridized carbons (Fsp3) is 0.667. The Bertz CT molecular complexity index is 103. The van der Waals surface area contributed by atoms with Crippen molar-refractivity contribution in [2.45, 2.75) is 6.17 Å². The van der Waals surface area contributed by atoms with Crippen LogP contribution in [0.4, 0.5) is 0 Å². The molecule has 0 radical (unpaired) electrons. The van der Waals surface area contributed by atoms with Crippen LogP contribution < -0.4 is 21.9 Å². The zero-order valence-corrected chi connectivity index (χ0v) is 4.27. The van der Waals surface area contributed by atoms with Gasteiger partial charge >= 0.3 is 0 Å². The molecule has 46 valence electrons. The van der Waals surface area contributed by atoms with Gasteiger partial charge in [-0.05, 0) is 0 Å². The molecule has 1 saturated heterocycles. The quantitative estimate of drug-likeness (QED) is 0.225. The molecule has 5 nitrogen and oxygen atoms in total. The maximum absolute atomic E-state index is 10.5. The molecule has 5 heteroatoms. The fourth-order valence-corrected chi connectivity index (χ4v) is 0.570. The van der Waals surface area contributed by atoms with Crippen molar-refractivity contribution in [3.63, 3.8) is 0 Å². The molecule has 1 unspecified atom stereocenters. The molecule has 1 rings (SSSR count). The smallest absolute Gasteiger partial charge is 0.254 e. The predicted octanol–water partition coefficient (Wildman–Crippen LogP) is -2.55. The van der Waals surface area contributed by atoms with E-state index in [0.717, 1.165) is 0 Å². The molecular weight excluding hydrogens is 108 g/mol. The van der Waals surface area contributed by atoms with Gasteiger partial charge in [0.05, 0.1) is 6.67 Å². The van der Waals surface area contributed by atoms with Crippen LogP contribution in [0.2, 0.25) is 0 Å². The van der Waals surface area contributed by atoms with Crippen molar-refractivity contribution >= 4 is 5.91 Å². The molecule has 1 atom stereocenters. The van der Waals surface area contributed by atoms with Gasteiger partial charge in [-0.15, -0.1) is 0 Å². The van der Waals surface area contributed by atoms with E-state index in [1.165, 1.54) is 0 Å². The van der Waals surface area contributed by atoms with Crippen molar-refractivity contribution in [1.29, 1.82) is 0 Å². The minimum absolute atomic E-state index is 0.104. The van der Waals surface area contributed by atoms with Crippen LogP contribution in [0.1, 0.15) is 0 Å². The Balaban J connectivity index is 2.42. The molecule has 0 aromatic carbocycles. The first kappa shape index (κ1) is 5.49. The molecule has 0 aromatic rings. The highest BCUT2D eigenvalue weighted by Crippen LogP contribution is 1.80.